The molecule has 5 heteroatoms. The van der Waals surface area contributed by atoms with Crippen LogP contribution in [-0.2, 0) is 0 Å². The van der Waals surface area contributed by atoms with E-state index in [4.69, 9.17) is 15.0 Å². The van der Waals surface area contributed by atoms with Crippen molar-refractivity contribution in [1.29, 1.82) is 0 Å². The van der Waals surface area contributed by atoms with E-state index in [1.165, 1.54) is 41.7 Å². The lowest BCUT2D eigenvalue weighted by Gasteiger charge is -2.13. The molecule has 10 aromatic rings. The number of para-hydroxylation sites is 1. The smallest absolute Gasteiger partial charge is 0.238 e. The molecule has 4 nitrogen and oxygen atoms in total. The van der Waals surface area contributed by atoms with E-state index in [-0.39, 0.29) is 0 Å². The number of benzene rings is 7. The Bertz CT molecular complexity index is 2780. The van der Waals surface area contributed by atoms with Gasteiger partial charge in [-0.25, -0.2) is 4.98 Å². The van der Waals surface area contributed by atoms with Crippen LogP contribution in [0.2, 0.25) is 0 Å². The number of fused-ring (bicyclic) bond motifs is 8. The van der Waals surface area contributed by atoms with Gasteiger partial charge < -0.3 is 0 Å². The van der Waals surface area contributed by atoms with Gasteiger partial charge in [-0.1, -0.05) is 140 Å². The van der Waals surface area contributed by atoms with Gasteiger partial charge in [-0.15, -0.1) is 11.3 Å². The molecule has 0 amide bonds. The fourth-order valence-corrected chi connectivity index (χ4v) is 8.21. The van der Waals surface area contributed by atoms with E-state index < -0.39 is 0 Å². The summed E-state index contributed by atoms with van der Waals surface area (Å²) in [7, 11) is 0. The Labute approximate surface area is 280 Å². The molecule has 10 rings (SSSR count). The SMILES string of the molecule is c1ccc(-c2nc(-c3ccccc3)nc(-n3c4ccc5ccccc5c4c4cccc(-c5ccc6c(c5)sc5ccccc56)c43)n2)cc1. The summed E-state index contributed by atoms with van der Waals surface area (Å²) in [5.41, 5.74) is 6.32. The maximum absolute atomic E-state index is 5.21. The Morgan fingerprint density at radius 2 is 1.08 bits per heavy atom. The summed E-state index contributed by atoms with van der Waals surface area (Å²) >= 11 is 1.84. The summed E-state index contributed by atoms with van der Waals surface area (Å²) in [4.78, 5) is 15.4. The van der Waals surface area contributed by atoms with Crippen molar-refractivity contribution < 1.29 is 0 Å². The third-order valence-corrected chi connectivity index (χ3v) is 10.4. The molecule has 3 aromatic heterocycles. The Hall–Kier alpha value is -6.17. The summed E-state index contributed by atoms with van der Waals surface area (Å²) in [6.07, 6.45) is 0. The number of aromatic nitrogens is 4. The van der Waals surface area contributed by atoms with Crippen molar-refractivity contribution in [2.45, 2.75) is 0 Å². The van der Waals surface area contributed by atoms with Crippen molar-refractivity contribution in [2.75, 3.05) is 0 Å². The van der Waals surface area contributed by atoms with Crippen LogP contribution >= 0.6 is 11.3 Å². The molecule has 0 radical (unpaired) electrons. The van der Waals surface area contributed by atoms with Crippen molar-refractivity contribution in [3.8, 4) is 39.9 Å². The maximum atomic E-state index is 5.21. The van der Waals surface area contributed by atoms with Crippen LogP contribution in [0.25, 0.3) is 92.6 Å². The average molecular weight is 631 g/mol. The van der Waals surface area contributed by atoms with Crippen molar-refractivity contribution >= 4 is 64.1 Å². The number of nitrogens with zero attached hydrogens (tertiary/aromatic N) is 4. The molecule has 0 unspecified atom stereocenters. The van der Waals surface area contributed by atoms with Crippen molar-refractivity contribution in [2.24, 2.45) is 0 Å². The van der Waals surface area contributed by atoms with E-state index in [1.807, 2.05) is 47.7 Å². The molecule has 0 aliphatic carbocycles. The fourth-order valence-electron chi connectivity index (χ4n) is 7.07. The van der Waals surface area contributed by atoms with E-state index in [2.05, 4.69) is 126 Å². The summed E-state index contributed by atoms with van der Waals surface area (Å²) in [5.74, 6) is 1.87. The minimum atomic E-state index is 0.591. The molecule has 48 heavy (non-hydrogen) atoms. The fraction of sp³-hybridized carbons (Fsp3) is 0. The minimum absolute atomic E-state index is 0.591. The summed E-state index contributed by atoms with van der Waals surface area (Å²) in [6.45, 7) is 0. The molecule has 0 bridgehead atoms. The van der Waals surface area contributed by atoms with Gasteiger partial charge in [0, 0.05) is 47.6 Å². The number of rotatable bonds is 4. The van der Waals surface area contributed by atoms with Gasteiger partial charge in [0.2, 0.25) is 5.95 Å². The predicted molar refractivity (Wildman–Crippen MR) is 201 cm³/mol. The standard InChI is InChI=1S/C43H26N4S/c1-3-13-28(14-4-1)41-44-42(29-15-5-2-6-16-29)46-43(45-41)47-36-25-23-27-12-7-8-17-31(27)39(36)35-20-11-19-32(40(35)47)30-22-24-34-33-18-9-10-21-37(33)48-38(34)26-30/h1-26H. The van der Waals surface area contributed by atoms with Gasteiger partial charge in [-0.3, -0.25) is 4.57 Å². The van der Waals surface area contributed by atoms with Crippen molar-refractivity contribution in [3.05, 3.63) is 158 Å². The minimum Gasteiger partial charge on any atom is -0.277 e. The number of hydrogen-bond acceptors (Lipinski definition) is 4. The van der Waals surface area contributed by atoms with Crippen LogP contribution in [0, 0.1) is 0 Å². The monoisotopic (exact) mass is 630 g/mol. The highest BCUT2D eigenvalue weighted by Crippen LogP contribution is 2.43. The molecule has 7 aromatic carbocycles. The topological polar surface area (TPSA) is 43.6 Å². The van der Waals surface area contributed by atoms with Crippen LogP contribution in [0.1, 0.15) is 0 Å². The highest BCUT2D eigenvalue weighted by atomic mass is 32.1. The third kappa shape index (κ3) is 4.18. The molecule has 3 heterocycles. The highest BCUT2D eigenvalue weighted by Gasteiger charge is 2.22. The van der Waals surface area contributed by atoms with E-state index in [1.54, 1.807) is 0 Å². The lowest BCUT2D eigenvalue weighted by Crippen LogP contribution is -2.07. The molecule has 0 fully saturated rings. The van der Waals surface area contributed by atoms with E-state index in [9.17, 15) is 0 Å². The largest absolute Gasteiger partial charge is 0.277 e. The molecule has 0 N–H and O–H groups in total. The molecule has 0 aliphatic rings. The van der Waals surface area contributed by atoms with E-state index in [0.717, 1.165) is 33.3 Å². The van der Waals surface area contributed by atoms with Crippen LogP contribution < -0.4 is 0 Å². The third-order valence-electron chi connectivity index (χ3n) is 9.25. The van der Waals surface area contributed by atoms with Gasteiger partial charge in [-0.2, -0.15) is 9.97 Å². The quantitative estimate of drug-likeness (QED) is 0.194. The maximum Gasteiger partial charge on any atom is 0.238 e. The molecule has 0 atom stereocenters. The normalized spacial score (nSPS) is 11.8. The van der Waals surface area contributed by atoms with E-state index >= 15 is 0 Å². The Morgan fingerprint density at radius 1 is 0.438 bits per heavy atom. The second kappa shape index (κ2) is 10.7. The van der Waals surface area contributed by atoms with Gasteiger partial charge in [0.1, 0.15) is 0 Å². The molecule has 224 valence electrons. The van der Waals surface area contributed by atoms with Gasteiger partial charge in [0.05, 0.1) is 11.0 Å². The van der Waals surface area contributed by atoms with Crippen LogP contribution in [0.5, 0.6) is 0 Å². The zero-order chi connectivity index (χ0) is 31.6. The zero-order valence-electron chi connectivity index (χ0n) is 25.7. The van der Waals surface area contributed by atoms with Crippen LogP contribution in [0.4, 0.5) is 0 Å². The first kappa shape index (κ1) is 27.0. The molecule has 0 spiro atoms. The second-order valence-electron chi connectivity index (χ2n) is 12.0. The average Bonchev–Trinajstić information content (AvgIpc) is 3.71. The number of thiophene rings is 1. The summed E-state index contributed by atoms with van der Waals surface area (Å²) in [5, 5.41) is 7.35. The molecular formula is C43H26N4S. The van der Waals surface area contributed by atoms with Crippen molar-refractivity contribution in [3.63, 3.8) is 0 Å². The molecular weight excluding hydrogens is 605 g/mol. The van der Waals surface area contributed by atoms with Crippen LogP contribution in [-0.4, -0.2) is 19.5 Å². The van der Waals surface area contributed by atoms with E-state index in [0.29, 0.717) is 17.6 Å². The summed E-state index contributed by atoms with van der Waals surface area (Å²) < 4.78 is 4.83. The molecule has 0 saturated heterocycles. The van der Waals surface area contributed by atoms with Gasteiger partial charge >= 0.3 is 0 Å². The zero-order valence-corrected chi connectivity index (χ0v) is 26.5. The summed E-state index contributed by atoms with van der Waals surface area (Å²) in [6, 6.07) is 55.5. The lowest BCUT2D eigenvalue weighted by atomic mass is 9.99. The Balaban J connectivity index is 1.33. The first-order chi connectivity index (χ1) is 23.8. The lowest BCUT2D eigenvalue weighted by molar-refractivity contribution is 0.954. The predicted octanol–water partition coefficient (Wildman–Crippen LogP) is 11.5. The highest BCUT2D eigenvalue weighted by molar-refractivity contribution is 7.25. The van der Waals surface area contributed by atoms with Crippen molar-refractivity contribution in [1.82, 2.24) is 19.5 Å². The first-order valence-electron chi connectivity index (χ1n) is 16.0. The van der Waals surface area contributed by atoms with Gasteiger partial charge in [-0.05, 0) is 34.5 Å². The molecule has 0 aliphatic heterocycles. The molecule has 0 saturated carbocycles. The number of hydrogen-bond donors (Lipinski definition) is 0. The Kier molecular flexibility index (Phi) is 6.01. The van der Waals surface area contributed by atoms with Crippen LogP contribution in [0.15, 0.2) is 158 Å². The van der Waals surface area contributed by atoms with Gasteiger partial charge in [0.15, 0.2) is 11.6 Å². The Morgan fingerprint density at radius 3 is 1.85 bits per heavy atom. The first-order valence-corrected chi connectivity index (χ1v) is 16.9. The van der Waals surface area contributed by atoms with Gasteiger partial charge in [0.25, 0.3) is 0 Å². The van der Waals surface area contributed by atoms with Crippen LogP contribution in [0.3, 0.4) is 0 Å². The second-order valence-corrected chi connectivity index (χ2v) is 13.1.